The molecule has 0 aliphatic rings. The maximum atomic E-state index is 14.3. The van der Waals surface area contributed by atoms with Crippen molar-refractivity contribution < 1.29 is 9.18 Å². The number of benzene rings is 2. The predicted molar refractivity (Wildman–Crippen MR) is 102 cm³/mol. The van der Waals surface area contributed by atoms with E-state index in [4.69, 9.17) is 0 Å². The lowest BCUT2D eigenvalue weighted by atomic mass is 10.2. The third-order valence-corrected chi connectivity index (χ3v) is 4.47. The molecule has 140 valence electrons. The Morgan fingerprint density at radius 1 is 1.11 bits per heavy atom. The average Bonchev–Trinajstić information content (AvgIpc) is 2.66. The number of amides is 1. The van der Waals surface area contributed by atoms with Gasteiger partial charge in [-0.2, -0.15) is 0 Å². The van der Waals surface area contributed by atoms with E-state index in [2.05, 4.69) is 5.32 Å². The van der Waals surface area contributed by atoms with Gasteiger partial charge in [0.1, 0.15) is 12.4 Å². The molecule has 0 radical (unpaired) electrons. The molecule has 7 heteroatoms. The summed E-state index contributed by atoms with van der Waals surface area (Å²) in [5.74, 6) is -1.04. The quantitative estimate of drug-likeness (QED) is 0.749. The molecule has 6 nitrogen and oxygen atoms in total. The Labute approximate surface area is 154 Å². The van der Waals surface area contributed by atoms with Gasteiger partial charge in [0.2, 0.25) is 5.91 Å². The molecular weight excluding hydrogens is 349 g/mol. The zero-order valence-electron chi connectivity index (χ0n) is 15.1. The van der Waals surface area contributed by atoms with Crippen LogP contribution < -0.4 is 16.6 Å². The van der Waals surface area contributed by atoms with Gasteiger partial charge in [0.15, 0.2) is 0 Å². The summed E-state index contributed by atoms with van der Waals surface area (Å²) in [5.41, 5.74) is -1.20. The van der Waals surface area contributed by atoms with E-state index in [-0.39, 0.29) is 29.6 Å². The molecule has 0 saturated carbocycles. The van der Waals surface area contributed by atoms with E-state index in [9.17, 15) is 18.8 Å². The van der Waals surface area contributed by atoms with E-state index in [1.807, 2.05) is 13.8 Å². The molecule has 0 saturated heterocycles. The Hall–Kier alpha value is -3.22. The zero-order valence-corrected chi connectivity index (χ0v) is 15.1. The van der Waals surface area contributed by atoms with Gasteiger partial charge in [-0.25, -0.2) is 13.8 Å². The smallest absolute Gasteiger partial charge is 0.336 e. The van der Waals surface area contributed by atoms with Crippen molar-refractivity contribution in [1.29, 1.82) is 0 Å². The SMILES string of the molecule is CC[C@@H](C)NC(=O)Cn1c(=O)n(-c2ccccc2F)c(=O)c2ccccc21. The Balaban J connectivity index is 2.25. The molecular formula is C20H20FN3O3. The van der Waals surface area contributed by atoms with Crippen LogP contribution >= 0.6 is 0 Å². The van der Waals surface area contributed by atoms with Gasteiger partial charge in [0, 0.05) is 6.04 Å². The topological polar surface area (TPSA) is 73.1 Å². The zero-order chi connectivity index (χ0) is 19.6. The monoisotopic (exact) mass is 369 g/mol. The van der Waals surface area contributed by atoms with Crippen LogP contribution in [0.1, 0.15) is 20.3 Å². The van der Waals surface area contributed by atoms with Crippen LogP contribution in [0.2, 0.25) is 0 Å². The van der Waals surface area contributed by atoms with Gasteiger partial charge in [-0.3, -0.25) is 14.2 Å². The predicted octanol–water partition coefficient (Wildman–Crippen LogP) is 2.21. The molecule has 0 bridgehead atoms. The molecule has 1 N–H and O–H groups in total. The number of hydrogen-bond acceptors (Lipinski definition) is 3. The van der Waals surface area contributed by atoms with Gasteiger partial charge >= 0.3 is 5.69 Å². The molecule has 3 rings (SSSR count). The molecule has 0 aliphatic heterocycles. The number of para-hydroxylation sites is 2. The first-order valence-corrected chi connectivity index (χ1v) is 8.73. The number of nitrogens with zero attached hydrogens (tertiary/aromatic N) is 2. The largest absolute Gasteiger partial charge is 0.352 e. The Bertz CT molecular complexity index is 1120. The van der Waals surface area contributed by atoms with Crippen LogP contribution in [0.15, 0.2) is 58.1 Å². The van der Waals surface area contributed by atoms with Gasteiger partial charge in [-0.1, -0.05) is 31.2 Å². The Morgan fingerprint density at radius 3 is 2.48 bits per heavy atom. The van der Waals surface area contributed by atoms with Crippen molar-refractivity contribution in [3.63, 3.8) is 0 Å². The molecule has 1 atom stereocenters. The number of hydrogen-bond donors (Lipinski definition) is 1. The standard InChI is InChI=1S/C20H20FN3O3/c1-3-13(2)22-18(25)12-23-16-10-6-4-8-14(16)19(26)24(20(23)27)17-11-7-5-9-15(17)21/h4-11,13H,3,12H2,1-2H3,(H,22,25)/t13-/m1/s1. The lowest BCUT2D eigenvalue weighted by Gasteiger charge is -2.16. The van der Waals surface area contributed by atoms with E-state index in [1.54, 1.807) is 30.3 Å². The lowest BCUT2D eigenvalue weighted by molar-refractivity contribution is -0.122. The Kier molecular flexibility index (Phi) is 5.21. The first kappa shape index (κ1) is 18.6. The minimum atomic E-state index is -0.761. The maximum Gasteiger partial charge on any atom is 0.336 e. The second-order valence-electron chi connectivity index (χ2n) is 6.35. The highest BCUT2D eigenvalue weighted by molar-refractivity contribution is 5.82. The van der Waals surface area contributed by atoms with Crippen LogP contribution in [-0.4, -0.2) is 21.1 Å². The van der Waals surface area contributed by atoms with E-state index in [0.717, 1.165) is 11.0 Å². The first-order chi connectivity index (χ1) is 12.9. The molecule has 1 aromatic heterocycles. The van der Waals surface area contributed by atoms with Crippen molar-refractivity contribution in [3.8, 4) is 5.69 Å². The van der Waals surface area contributed by atoms with Gasteiger partial charge in [-0.05, 0) is 37.6 Å². The molecule has 1 heterocycles. The summed E-state index contributed by atoms with van der Waals surface area (Å²) in [6, 6.07) is 12.0. The van der Waals surface area contributed by atoms with Crippen molar-refractivity contribution in [3.05, 3.63) is 75.2 Å². The fraction of sp³-hybridized carbons (Fsp3) is 0.250. The number of carbonyl (C=O) groups is 1. The molecule has 0 spiro atoms. The highest BCUT2D eigenvalue weighted by Gasteiger charge is 2.18. The molecule has 0 aliphatic carbocycles. The van der Waals surface area contributed by atoms with Crippen molar-refractivity contribution in [2.75, 3.05) is 0 Å². The van der Waals surface area contributed by atoms with Crippen LogP contribution in [0.5, 0.6) is 0 Å². The van der Waals surface area contributed by atoms with E-state index in [1.165, 1.54) is 22.8 Å². The van der Waals surface area contributed by atoms with Crippen molar-refractivity contribution >= 4 is 16.8 Å². The highest BCUT2D eigenvalue weighted by Crippen LogP contribution is 2.12. The Morgan fingerprint density at radius 2 is 1.78 bits per heavy atom. The number of rotatable bonds is 5. The van der Waals surface area contributed by atoms with E-state index >= 15 is 0 Å². The van der Waals surface area contributed by atoms with Crippen LogP contribution in [0.3, 0.4) is 0 Å². The van der Waals surface area contributed by atoms with Crippen LogP contribution in [0, 0.1) is 5.82 Å². The maximum absolute atomic E-state index is 14.3. The first-order valence-electron chi connectivity index (χ1n) is 8.73. The molecule has 2 aromatic carbocycles. The van der Waals surface area contributed by atoms with E-state index < -0.39 is 17.1 Å². The van der Waals surface area contributed by atoms with E-state index in [0.29, 0.717) is 5.52 Å². The molecule has 3 aromatic rings. The second-order valence-corrected chi connectivity index (χ2v) is 6.35. The summed E-state index contributed by atoms with van der Waals surface area (Å²) in [4.78, 5) is 38.2. The molecule has 1 amide bonds. The van der Waals surface area contributed by atoms with Crippen LogP contribution in [0.4, 0.5) is 4.39 Å². The number of carbonyl (C=O) groups excluding carboxylic acids is 1. The van der Waals surface area contributed by atoms with Crippen LogP contribution in [0.25, 0.3) is 16.6 Å². The van der Waals surface area contributed by atoms with Gasteiger partial charge in [0.25, 0.3) is 5.56 Å². The number of aromatic nitrogens is 2. The molecule has 27 heavy (non-hydrogen) atoms. The van der Waals surface area contributed by atoms with Gasteiger partial charge in [-0.15, -0.1) is 0 Å². The summed E-state index contributed by atoms with van der Waals surface area (Å²) in [7, 11) is 0. The van der Waals surface area contributed by atoms with Crippen LogP contribution in [-0.2, 0) is 11.3 Å². The second kappa shape index (κ2) is 7.57. The fourth-order valence-electron chi connectivity index (χ4n) is 2.89. The third kappa shape index (κ3) is 3.53. The molecule has 0 unspecified atom stereocenters. The number of fused-ring (bicyclic) bond motifs is 1. The molecule has 0 fully saturated rings. The summed E-state index contributed by atoms with van der Waals surface area (Å²) < 4.78 is 16.2. The number of nitrogens with one attached hydrogen (secondary N) is 1. The van der Waals surface area contributed by atoms with Crippen molar-refractivity contribution in [2.24, 2.45) is 0 Å². The lowest BCUT2D eigenvalue weighted by Crippen LogP contribution is -2.43. The van der Waals surface area contributed by atoms with Crippen molar-refractivity contribution in [2.45, 2.75) is 32.9 Å². The fourth-order valence-corrected chi connectivity index (χ4v) is 2.89. The van der Waals surface area contributed by atoms with Crippen molar-refractivity contribution in [1.82, 2.24) is 14.5 Å². The summed E-state index contributed by atoms with van der Waals surface area (Å²) in [6.07, 6.45) is 0.746. The average molecular weight is 369 g/mol. The summed E-state index contributed by atoms with van der Waals surface area (Å²) >= 11 is 0. The van der Waals surface area contributed by atoms with Gasteiger partial charge in [0.05, 0.1) is 16.6 Å². The third-order valence-electron chi connectivity index (χ3n) is 4.47. The highest BCUT2D eigenvalue weighted by atomic mass is 19.1. The van der Waals surface area contributed by atoms with Gasteiger partial charge < -0.3 is 5.32 Å². The normalized spacial score (nSPS) is 12.1. The summed E-state index contributed by atoms with van der Waals surface area (Å²) in [5, 5.41) is 3.03. The number of halogens is 1. The minimum absolute atomic E-state index is 0.0445. The minimum Gasteiger partial charge on any atom is -0.352 e. The summed E-state index contributed by atoms with van der Waals surface area (Å²) in [6.45, 7) is 3.53.